The molecular formula is C10H17N3OS. The van der Waals surface area contributed by atoms with Crippen molar-refractivity contribution >= 4 is 17.6 Å². The number of aromatic nitrogens is 1. The molecule has 4 N–H and O–H groups in total. The molecule has 1 aromatic rings. The molecular weight excluding hydrogens is 210 g/mol. The van der Waals surface area contributed by atoms with Crippen molar-refractivity contribution in [2.24, 2.45) is 11.8 Å². The van der Waals surface area contributed by atoms with Crippen LogP contribution in [0.25, 0.3) is 0 Å². The fourth-order valence-corrected chi connectivity index (χ4v) is 2.06. The third-order valence-corrected chi connectivity index (χ3v) is 3.30. The zero-order valence-electron chi connectivity index (χ0n) is 8.81. The predicted octanol–water partition coefficient (Wildman–Crippen LogP) is 1.23. The summed E-state index contributed by atoms with van der Waals surface area (Å²) in [7, 11) is 0. The summed E-state index contributed by atoms with van der Waals surface area (Å²) < 4.78 is 0. The number of aliphatic hydroxyl groups excluding tert-OH is 1. The first-order valence-electron chi connectivity index (χ1n) is 4.86. The highest BCUT2D eigenvalue weighted by molar-refractivity contribution is 7.98. The van der Waals surface area contributed by atoms with E-state index in [1.807, 2.05) is 25.3 Å². The molecule has 0 aliphatic heterocycles. The number of nitrogens with one attached hydrogen (secondary N) is 1. The van der Waals surface area contributed by atoms with Gasteiger partial charge < -0.3 is 10.5 Å². The number of hydrogen-bond acceptors (Lipinski definition) is 5. The number of nitrogen functional groups attached to an aromatic ring is 1. The van der Waals surface area contributed by atoms with E-state index in [1.165, 1.54) is 5.56 Å². The Morgan fingerprint density at radius 3 is 2.93 bits per heavy atom. The Labute approximate surface area is 94.3 Å². The molecule has 0 aliphatic rings. The molecule has 0 aliphatic carbocycles. The maximum Gasteiger partial charge on any atom is 0.139 e. The van der Waals surface area contributed by atoms with Crippen molar-refractivity contribution in [3.8, 4) is 0 Å². The minimum Gasteiger partial charge on any atom is -0.396 e. The number of pyridine rings is 1. The predicted molar refractivity (Wildman–Crippen MR) is 64.5 cm³/mol. The third kappa shape index (κ3) is 4.51. The molecule has 0 fully saturated rings. The Balaban J connectivity index is 2.31. The summed E-state index contributed by atoms with van der Waals surface area (Å²) in [5, 5.41) is 8.85. The van der Waals surface area contributed by atoms with Crippen LogP contribution >= 0.6 is 11.8 Å². The molecule has 0 amide bonds. The van der Waals surface area contributed by atoms with E-state index in [4.69, 9.17) is 10.9 Å². The highest BCUT2D eigenvalue weighted by Crippen LogP contribution is 2.15. The second-order valence-electron chi connectivity index (χ2n) is 3.50. The minimum atomic E-state index is 0.251. The number of nitrogens with zero attached hydrogens (tertiary/aromatic N) is 1. The first kappa shape index (κ1) is 12.3. The second kappa shape index (κ2) is 6.66. The zero-order chi connectivity index (χ0) is 11.1. The van der Waals surface area contributed by atoms with Gasteiger partial charge in [0.25, 0.3) is 0 Å². The summed E-state index contributed by atoms with van der Waals surface area (Å²) >= 11 is 1.80. The van der Waals surface area contributed by atoms with Crippen molar-refractivity contribution in [3.05, 3.63) is 23.9 Å². The molecule has 1 atom stereocenters. The second-order valence-corrected chi connectivity index (χ2v) is 4.53. The Morgan fingerprint density at radius 2 is 2.40 bits per heavy atom. The lowest BCUT2D eigenvalue weighted by atomic mass is 10.2. The molecule has 1 aromatic heterocycles. The van der Waals surface area contributed by atoms with Gasteiger partial charge in [-0.05, 0) is 23.3 Å². The summed E-state index contributed by atoms with van der Waals surface area (Å²) in [5.41, 5.74) is 3.66. The SMILES string of the molecule is CC(CO)CSCc1ccc(NN)nc1. The van der Waals surface area contributed by atoms with Gasteiger partial charge in [-0.25, -0.2) is 10.8 Å². The van der Waals surface area contributed by atoms with Gasteiger partial charge in [-0.15, -0.1) is 0 Å². The molecule has 0 spiro atoms. The van der Waals surface area contributed by atoms with E-state index < -0.39 is 0 Å². The van der Waals surface area contributed by atoms with Crippen LogP contribution < -0.4 is 11.3 Å². The summed E-state index contributed by atoms with van der Waals surface area (Å²) in [4.78, 5) is 4.12. The van der Waals surface area contributed by atoms with Gasteiger partial charge >= 0.3 is 0 Å². The number of rotatable bonds is 6. The fourth-order valence-electron chi connectivity index (χ4n) is 1.03. The number of nitrogens with two attached hydrogens (primary N) is 1. The van der Waals surface area contributed by atoms with E-state index in [1.54, 1.807) is 11.8 Å². The molecule has 1 heterocycles. The summed E-state index contributed by atoms with van der Waals surface area (Å²) in [6.45, 7) is 2.29. The largest absolute Gasteiger partial charge is 0.396 e. The Bertz CT molecular complexity index is 279. The van der Waals surface area contributed by atoms with Crippen molar-refractivity contribution in [1.82, 2.24) is 4.98 Å². The monoisotopic (exact) mass is 227 g/mol. The molecule has 1 rings (SSSR count). The van der Waals surface area contributed by atoms with E-state index in [0.29, 0.717) is 11.7 Å². The van der Waals surface area contributed by atoms with Crippen LogP contribution in [0.15, 0.2) is 18.3 Å². The average molecular weight is 227 g/mol. The van der Waals surface area contributed by atoms with Gasteiger partial charge in [-0.1, -0.05) is 13.0 Å². The van der Waals surface area contributed by atoms with Crippen molar-refractivity contribution in [2.45, 2.75) is 12.7 Å². The Morgan fingerprint density at radius 1 is 1.60 bits per heavy atom. The van der Waals surface area contributed by atoms with Crippen LogP contribution in [-0.4, -0.2) is 22.5 Å². The molecule has 5 heteroatoms. The number of hydrazine groups is 1. The lowest BCUT2D eigenvalue weighted by Gasteiger charge is -2.07. The van der Waals surface area contributed by atoms with Gasteiger partial charge in [-0.3, -0.25) is 0 Å². The molecule has 0 radical (unpaired) electrons. The van der Waals surface area contributed by atoms with Crippen LogP contribution in [0, 0.1) is 5.92 Å². The first-order chi connectivity index (χ1) is 7.26. The van der Waals surface area contributed by atoms with Crippen LogP contribution in [0.5, 0.6) is 0 Å². The van der Waals surface area contributed by atoms with E-state index in [-0.39, 0.29) is 6.61 Å². The Hall–Kier alpha value is -0.780. The number of thioether (sulfide) groups is 1. The summed E-state index contributed by atoms with van der Waals surface area (Å²) in [6.07, 6.45) is 1.81. The van der Waals surface area contributed by atoms with E-state index in [0.717, 1.165) is 11.5 Å². The third-order valence-electron chi connectivity index (χ3n) is 1.96. The summed E-state index contributed by atoms with van der Waals surface area (Å²) in [6, 6.07) is 3.85. The van der Waals surface area contributed by atoms with Crippen molar-refractivity contribution in [1.29, 1.82) is 0 Å². The normalized spacial score (nSPS) is 12.5. The lowest BCUT2D eigenvalue weighted by molar-refractivity contribution is 0.250. The van der Waals surface area contributed by atoms with Gasteiger partial charge in [0.05, 0.1) is 0 Å². The molecule has 84 valence electrons. The van der Waals surface area contributed by atoms with Crippen molar-refractivity contribution in [3.63, 3.8) is 0 Å². The smallest absolute Gasteiger partial charge is 0.139 e. The van der Waals surface area contributed by atoms with Gasteiger partial charge in [-0.2, -0.15) is 11.8 Å². The van der Waals surface area contributed by atoms with E-state index in [2.05, 4.69) is 10.4 Å². The molecule has 0 saturated carbocycles. The minimum absolute atomic E-state index is 0.251. The number of hydrogen-bond donors (Lipinski definition) is 3. The molecule has 0 aromatic carbocycles. The first-order valence-corrected chi connectivity index (χ1v) is 6.02. The van der Waals surface area contributed by atoms with E-state index >= 15 is 0 Å². The maximum atomic E-state index is 8.85. The lowest BCUT2D eigenvalue weighted by Crippen LogP contribution is -2.08. The Kier molecular flexibility index (Phi) is 5.45. The van der Waals surface area contributed by atoms with Crippen molar-refractivity contribution < 1.29 is 5.11 Å². The highest BCUT2D eigenvalue weighted by Gasteiger charge is 2.00. The molecule has 0 bridgehead atoms. The van der Waals surface area contributed by atoms with Gasteiger partial charge in [0.15, 0.2) is 0 Å². The maximum absolute atomic E-state index is 8.85. The molecule has 1 unspecified atom stereocenters. The standard InChI is InChI=1S/C10H17N3OS/c1-8(5-14)6-15-7-9-2-3-10(13-11)12-4-9/h2-4,8,14H,5-7,11H2,1H3,(H,12,13). The van der Waals surface area contributed by atoms with Gasteiger partial charge in [0, 0.05) is 18.6 Å². The molecule has 15 heavy (non-hydrogen) atoms. The van der Waals surface area contributed by atoms with Crippen molar-refractivity contribution in [2.75, 3.05) is 17.8 Å². The zero-order valence-corrected chi connectivity index (χ0v) is 9.63. The quantitative estimate of drug-likeness (QED) is 0.503. The van der Waals surface area contributed by atoms with Crippen LogP contribution in [0.4, 0.5) is 5.82 Å². The van der Waals surface area contributed by atoms with Crippen LogP contribution in [0.1, 0.15) is 12.5 Å². The topological polar surface area (TPSA) is 71.2 Å². The molecule has 4 nitrogen and oxygen atoms in total. The fraction of sp³-hybridized carbons (Fsp3) is 0.500. The number of anilines is 1. The number of aliphatic hydroxyl groups is 1. The van der Waals surface area contributed by atoms with Crippen LogP contribution in [0.2, 0.25) is 0 Å². The van der Waals surface area contributed by atoms with Gasteiger partial charge in [0.1, 0.15) is 5.82 Å². The highest BCUT2D eigenvalue weighted by atomic mass is 32.2. The average Bonchev–Trinajstić information content (AvgIpc) is 2.29. The summed E-state index contributed by atoms with van der Waals surface area (Å²) in [5.74, 6) is 8.12. The van der Waals surface area contributed by atoms with Crippen LogP contribution in [-0.2, 0) is 5.75 Å². The van der Waals surface area contributed by atoms with Gasteiger partial charge in [0.2, 0.25) is 0 Å². The van der Waals surface area contributed by atoms with Crippen LogP contribution in [0.3, 0.4) is 0 Å². The molecule has 0 saturated heterocycles. The van der Waals surface area contributed by atoms with E-state index in [9.17, 15) is 0 Å².